The number of fused-ring (bicyclic) bond motifs is 3. The van der Waals surface area contributed by atoms with Gasteiger partial charge in [-0.3, -0.25) is 9.69 Å². The molecule has 2 atom stereocenters. The maximum atomic E-state index is 12.2. The average Bonchev–Trinajstić information content (AvgIpc) is 2.83. The minimum Gasteiger partial charge on any atom is -0.289 e. The third-order valence-electron chi connectivity index (χ3n) is 3.61. The topological polar surface area (TPSA) is 20.3 Å². The predicted molar refractivity (Wildman–Crippen MR) is 78.6 cm³/mol. The van der Waals surface area contributed by atoms with Gasteiger partial charge in [0.05, 0.1) is 6.04 Å². The van der Waals surface area contributed by atoms with Crippen LogP contribution in [-0.2, 0) is 11.2 Å². The fourth-order valence-corrected chi connectivity index (χ4v) is 4.67. The molecule has 0 N–H and O–H groups in total. The molecule has 2 nitrogen and oxygen atoms in total. The van der Waals surface area contributed by atoms with Crippen molar-refractivity contribution in [2.24, 2.45) is 0 Å². The van der Waals surface area contributed by atoms with E-state index in [0.717, 1.165) is 17.2 Å². The van der Waals surface area contributed by atoms with Crippen LogP contribution in [0.5, 0.6) is 0 Å². The molecule has 1 fully saturated rings. The summed E-state index contributed by atoms with van der Waals surface area (Å²) in [4.78, 5) is 14.1. The summed E-state index contributed by atoms with van der Waals surface area (Å²) in [7, 11) is 0. The lowest BCUT2D eigenvalue weighted by Gasteiger charge is -2.23. The van der Waals surface area contributed by atoms with Crippen LogP contribution in [0.4, 0.5) is 0 Å². The number of benzene rings is 1. The Morgan fingerprint density at radius 1 is 1.50 bits per heavy atom. The summed E-state index contributed by atoms with van der Waals surface area (Å²) in [5.74, 6) is 0.180. The number of hydrogen-bond acceptors (Lipinski definition) is 3. The Labute approximate surface area is 117 Å². The normalized spacial score (nSPS) is 25.2. The van der Waals surface area contributed by atoms with Gasteiger partial charge < -0.3 is 0 Å². The molecule has 1 aromatic carbocycles. The molecule has 4 heteroatoms. The summed E-state index contributed by atoms with van der Waals surface area (Å²) in [5, 5.41) is 0.427. The smallest absolute Gasteiger partial charge is 0.228 e. The lowest BCUT2D eigenvalue weighted by atomic mass is 10.1. The van der Waals surface area contributed by atoms with E-state index in [-0.39, 0.29) is 11.9 Å². The molecular weight excluding hydrogens is 262 g/mol. The van der Waals surface area contributed by atoms with E-state index in [1.54, 1.807) is 11.8 Å². The van der Waals surface area contributed by atoms with Crippen molar-refractivity contribution in [3.63, 3.8) is 0 Å². The predicted octanol–water partition coefficient (Wildman–Crippen LogP) is 3.31. The first kappa shape index (κ1) is 12.2. The molecule has 1 aromatic rings. The van der Waals surface area contributed by atoms with Gasteiger partial charge in [-0.25, -0.2) is 0 Å². The van der Waals surface area contributed by atoms with Gasteiger partial charge in [0.2, 0.25) is 5.91 Å². The van der Waals surface area contributed by atoms with Crippen LogP contribution in [0.25, 0.3) is 0 Å². The Hall–Kier alpha value is -0.870. The monoisotopic (exact) mass is 277 g/mol. The first-order chi connectivity index (χ1) is 8.72. The number of amides is 1. The number of rotatable bonds is 2. The van der Waals surface area contributed by atoms with Gasteiger partial charge in [-0.05, 0) is 24.0 Å². The van der Waals surface area contributed by atoms with Crippen molar-refractivity contribution in [2.45, 2.75) is 37.5 Å². The molecule has 18 heavy (non-hydrogen) atoms. The van der Waals surface area contributed by atoms with Crippen LogP contribution < -0.4 is 0 Å². The molecule has 0 saturated carbocycles. The first-order valence-electron chi connectivity index (χ1n) is 6.33. The Balaban J connectivity index is 1.97. The van der Waals surface area contributed by atoms with E-state index in [1.165, 1.54) is 11.1 Å². The molecule has 2 aliphatic rings. The van der Waals surface area contributed by atoms with E-state index < -0.39 is 0 Å². The van der Waals surface area contributed by atoms with Gasteiger partial charge in [-0.2, -0.15) is 0 Å². The first-order valence-corrected chi connectivity index (χ1v) is 7.61. The molecular formula is C14H15NOS2. The minimum atomic E-state index is 0.178. The van der Waals surface area contributed by atoms with E-state index in [9.17, 15) is 4.79 Å². The van der Waals surface area contributed by atoms with Gasteiger partial charge >= 0.3 is 0 Å². The van der Waals surface area contributed by atoms with Gasteiger partial charge in [0, 0.05) is 11.7 Å². The molecule has 1 aliphatic heterocycles. The maximum absolute atomic E-state index is 12.2. The standard InChI is InChI=1S/C14H15NOS2/c1-2-5-12(16)15-13-10-7-4-3-6-9(10)8-11(13)18-14(15)17/h3-4,6-7,11,13H,2,5,8H2,1H3/t11-,13+/m0/s1. The van der Waals surface area contributed by atoms with Crippen LogP contribution in [0.3, 0.4) is 0 Å². The van der Waals surface area contributed by atoms with Crippen LogP contribution in [-0.4, -0.2) is 20.4 Å². The molecule has 1 saturated heterocycles. The quantitative estimate of drug-likeness (QED) is 0.774. The molecule has 0 aromatic heterocycles. The van der Waals surface area contributed by atoms with Crippen molar-refractivity contribution in [3.05, 3.63) is 35.4 Å². The summed E-state index contributed by atoms with van der Waals surface area (Å²) in [5.41, 5.74) is 2.66. The lowest BCUT2D eigenvalue weighted by Crippen LogP contribution is -2.33. The zero-order valence-corrected chi connectivity index (χ0v) is 11.9. The van der Waals surface area contributed by atoms with Crippen molar-refractivity contribution >= 4 is 34.2 Å². The number of carbonyl (C=O) groups excluding carboxylic acids is 1. The fraction of sp³-hybridized carbons (Fsp3) is 0.429. The second kappa shape index (κ2) is 4.67. The molecule has 0 radical (unpaired) electrons. The highest BCUT2D eigenvalue weighted by Gasteiger charge is 2.46. The average molecular weight is 277 g/mol. The van der Waals surface area contributed by atoms with E-state index in [0.29, 0.717) is 11.7 Å². The number of thioether (sulfide) groups is 1. The maximum Gasteiger partial charge on any atom is 0.228 e. The van der Waals surface area contributed by atoms with E-state index in [4.69, 9.17) is 12.2 Å². The minimum absolute atomic E-state index is 0.178. The SMILES string of the molecule is CCCC(=O)N1C(=S)S[C@H]2Cc3ccccc3[C@H]21. The van der Waals surface area contributed by atoms with E-state index in [2.05, 4.69) is 24.3 Å². The Kier molecular flexibility index (Phi) is 3.16. The molecule has 0 spiro atoms. The van der Waals surface area contributed by atoms with Crippen LogP contribution in [0.1, 0.15) is 36.9 Å². The zero-order valence-electron chi connectivity index (χ0n) is 10.3. The van der Waals surface area contributed by atoms with Crippen LogP contribution in [0.2, 0.25) is 0 Å². The number of thiocarbonyl (C=S) groups is 1. The largest absolute Gasteiger partial charge is 0.289 e. The summed E-state index contributed by atoms with van der Waals surface area (Å²) in [6, 6.07) is 8.61. The molecule has 1 heterocycles. The van der Waals surface area contributed by atoms with E-state index in [1.807, 2.05) is 11.8 Å². The summed E-state index contributed by atoms with van der Waals surface area (Å²) in [6.07, 6.45) is 2.50. The third-order valence-corrected chi connectivity index (χ3v) is 5.22. The molecule has 0 bridgehead atoms. The van der Waals surface area contributed by atoms with Crippen LogP contribution in [0, 0.1) is 0 Å². The van der Waals surface area contributed by atoms with Crippen molar-refractivity contribution in [3.8, 4) is 0 Å². The van der Waals surface area contributed by atoms with Gasteiger partial charge in [0.25, 0.3) is 0 Å². The summed E-state index contributed by atoms with van der Waals surface area (Å²) >= 11 is 7.07. The number of nitrogens with zero attached hydrogens (tertiary/aromatic N) is 1. The molecule has 3 rings (SSSR count). The molecule has 94 valence electrons. The summed E-state index contributed by atoms with van der Waals surface area (Å²) in [6.45, 7) is 2.03. The highest BCUT2D eigenvalue weighted by atomic mass is 32.2. The Bertz CT molecular complexity index is 514. The second-order valence-corrected chi connectivity index (χ2v) is 6.66. The van der Waals surface area contributed by atoms with Gasteiger partial charge in [0.1, 0.15) is 4.32 Å². The van der Waals surface area contributed by atoms with Crippen molar-refractivity contribution in [1.29, 1.82) is 0 Å². The van der Waals surface area contributed by atoms with Gasteiger partial charge in [0.15, 0.2) is 0 Å². The van der Waals surface area contributed by atoms with Gasteiger partial charge in [-0.1, -0.05) is 55.2 Å². The fourth-order valence-electron chi connectivity index (χ4n) is 2.84. The van der Waals surface area contributed by atoms with Crippen molar-refractivity contribution in [2.75, 3.05) is 0 Å². The van der Waals surface area contributed by atoms with Crippen molar-refractivity contribution in [1.82, 2.24) is 4.90 Å². The molecule has 1 aliphatic carbocycles. The Morgan fingerprint density at radius 3 is 3.06 bits per heavy atom. The third kappa shape index (κ3) is 1.79. The number of hydrogen-bond donors (Lipinski definition) is 0. The van der Waals surface area contributed by atoms with Crippen molar-refractivity contribution < 1.29 is 4.79 Å². The zero-order chi connectivity index (χ0) is 12.7. The lowest BCUT2D eigenvalue weighted by molar-refractivity contribution is -0.128. The van der Waals surface area contributed by atoms with Gasteiger partial charge in [-0.15, -0.1) is 0 Å². The summed E-state index contributed by atoms with van der Waals surface area (Å²) < 4.78 is 0.762. The Morgan fingerprint density at radius 2 is 2.28 bits per heavy atom. The van der Waals surface area contributed by atoms with Crippen LogP contribution in [0.15, 0.2) is 24.3 Å². The van der Waals surface area contributed by atoms with Crippen LogP contribution >= 0.6 is 24.0 Å². The highest BCUT2D eigenvalue weighted by molar-refractivity contribution is 8.23. The number of carbonyl (C=O) groups is 1. The van der Waals surface area contributed by atoms with E-state index >= 15 is 0 Å². The molecule has 0 unspecified atom stereocenters. The second-order valence-electron chi connectivity index (χ2n) is 4.78. The highest BCUT2D eigenvalue weighted by Crippen LogP contribution is 2.49. The molecule has 1 amide bonds.